The number of alkyl halides is 1. The first-order valence-corrected chi connectivity index (χ1v) is 13.3. The molecule has 2 aliphatic heterocycles. The molecule has 36 heavy (non-hydrogen) atoms. The summed E-state index contributed by atoms with van der Waals surface area (Å²) in [6.45, 7) is 2.30. The van der Waals surface area contributed by atoms with E-state index in [0.29, 0.717) is 37.7 Å². The lowest BCUT2D eigenvalue weighted by Gasteiger charge is -2.60. The molecule has 1 aromatic carbocycles. The van der Waals surface area contributed by atoms with E-state index in [9.17, 15) is 10.2 Å². The predicted octanol–water partition coefficient (Wildman–Crippen LogP) is 4.43. The predicted molar refractivity (Wildman–Crippen MR) is 137 cm³/mol. The zero-order valence-electron chi connectivity index (χ0n) is 21.2. The number of pyridine rings is 1. The molecule has 190 valence electrons. The first-order valence-electron chi connectivity index (χ1n) is 13.3. The van der Waals surface area contributed by atoms with Gasteiger partial charge in [-0.15, -0.1) is 0 Å². The minimum atomic E-state index is -1.65. The minimum Gasteiger partial charge on any atom is -0.388 e. The molecule has 3 fully saturated rings. The number of hydrogen-bond acceptors (Lipinski definition) is 5. The lowest BCUT2D eigenvalue weighted by Crippen LogP contribution is -2.68. The van der Waals surface area contributed by atoms with Crippen LogP contribution < -0.4 is 0 Å². The summed E-state index contributed by atoms with van der Waals surface area (Å²) in [7, 11) is 3.84. The lowest BCUT2D eigenvalue weighted by atomic mass is 9.53. The van der Waals surface area contributed by atoms with E-state index in [2.05, 4.69) is 36.2 Å². The standard InChI is InChI=1S/C30H35FN2O3/c1-27-11-13-29(31)16-21-25(34)26(35)23(33(2)3)17-28(21)12-14-30(29,36-28)24(27)10-9-20(27)18-6-4-8-22-19(18)7-5-15-32-22/h4-9,15-16,23-26,34-35H,10-14,17H2,1-3H3. The van der Waals surface area contributed by atoms with Crippen molar-refractivity contribution in [3.63, 3.8) is 0 Å². The van der Waals surface area contributed by atoms with Crippen molar-refractivity contribution in [2.45, 2.75) is 80.6 Å². The summed E-state index contributed by atoms with van der Waals surface area (Å²) in [6, 6.07) is 10.2. The number of fused-ring (bicyclic) bond motifs is 2. The number of aliphatic hydroxyl groups excluding tert-OH is 2. The van der Waals surface area contributed by atoms with Gasteiger partial charge in [0.1, 0.15) is 11.7 Å². The molecule has 2 saturated carbocycles. The van der Waals surface area contributed by atoms with E-state index in [1.54, 1.807) is 6.08 Å². The van der Waals surface area contributed by atoms with Gasteiger partial charge in [0.25, 0.3) is 0 Å². The SMILES string of the molecule is CN(C)C1CC23CCC4(O2)C2CC=C(c5cccc6ncccc56)C2(C)CCC4(F)C=C3C(O)C1O. The first-order chi connectivity index (χ1) is 17.1. The van der Waals surface area contributed by atoms with Crippen LogP contribution in [0.5, 0.6) is 0 Å². The van der Waals surface area contributed by atoms with Crippen LogP contribution >= 0.6 is 0 Å². The summed E-state index contributed by atoms with van der Waals surface area (Å²) < 4.78 is 24.2. The molecule has 2 spiro atoms. The Hall–Kier alpha value is -2.12. The zero-order valence-corrected chi connectivity index (χ0v) is 21.2. The van der Waals surface area contributed by atoms with E-state index in [0.717, 1.165) is 17.3 Å². The van der Waals surface area contributed by atoms with Crippen molar-refractivity contribution < 1.29 is 19.3 Å². The van der Waals surface area contributed by atoms with Gasteiger partial charge in [0.15, 0.2) is 5.67 Å². The van der Waals surface area contributed by atoms with Gasteiger partial charge >= 0.3 is 0 Å². The number of aliphatic hydroxyl groups is 2. The van der Waals surface area contributed by atoms with Crippen molar-refractivity contribution in [3.8, 4) is 0 Å². The Bertz CT molecular complexity index is 1320. The maximum atomic E-state index is 17.2. The van der Waals surface area contributed by atoms with Crippen LogP contribution in [0.25, 0.3) is 16.5 Å². The second-order valence-electron chi connectivity index (χ2n) is 12.3. The highest BCUT2D eigenvalue weighted by Crippen LogP contribution is 2.71. The molecule has 6 heteroatoms. The van der Waals surface area contributed by atoms with E-state index >= 15 is 4.39 Å². The van der Waals surface area contributed by atoms with E-state index in [-0.39, 0.29) is 17.4 Å². The van der Waals surface area contributed by atoms with Crippen molar-refractivity contribution in [2.24, 2.45) is 11.3 Å². The van der Waals surface area contributed by atoms with E-state index < -0.39 is 29.1 Å². The second kappa shape index (κ2) is 7.25. The fourth-order valence-electron chi connectivity index (χ4n) is 8.74. The summed E-state index contributed by atoms with van der Waals surface area (Å²) in [4.78, 5) is 6.52. The number of halogens is 1. The Labute approximate surface area is 211 Å². The molecule has 2 N–H and O–H groups in total. The molecule has 7 rings (SSSR count). The van der Waals surface area contributed by atoms with Crippen LogP contribution in [0, 0.1) is 11.3 Å². The van der Waals surface area contributed by atoms with Crippen LogP contribution in [-0.4, -0.2) is 69.3 Å². The van der Waals surface area contributed by atoms with Crippen molar-refractivity contribution in [1.29, 1.82) is 0 Å². The van der Waals surface area contributed by atoms with Gasteiger partial charge in [-0.05, 0) is 93.0 Å². The van der Waals surface area contributed by atoms with Crippen molar-refractivity contribution in [3.05, 3.63) is 59.8 Å². The number of likely N-dealkylation sites (N-methyl/N-ethyl adjacent to an activating group) is 1. The maximum Gasteiger partial charge on any atom is 0.158 e. The third-order valence-corrected chi connectivity index (χ3v) is 10.6. The van der Waals surface area contributed by atoms with E-state index in [1.165, 1.54) is 11.1 Å². The Kier molecular flexibility index (Phi) is 4.64. The van der Waals surface area contributed by atoms with Crippen molar-refractivity contribution >= 4 is 16.5 Å². The number of nitrogens with zero attached hydrogens (tertiary/aromatic N) is 2. The second-order valence-corrected chi connectivity index (χ2v) is 12.3. The molecule has 0 radical (unpaired) electrons. The van der Waals surface area contributed by atoms with Crippen molar-refractivity contribution in [1.82, 2.24) is 9.88 Å². The topological polar surface area (TPSA) is 65.8 Å². The Morgan fingerprint density at radius 1 is 1.08 bits per heavy atom. The highest BCUT2D eigenvalue weighted by atomic mass is 19.1. The van der Waals surface area contributed by atoms with Gasteiger partial charge in [-0.1, -0.05) is 31.2 Å². The molecule has 1 aromatic heterocycles. The smallest absolute Gasteiger partial charge is 0.158 e. The van der Waals surface area contributed by atoms with Crippen LogP contribution in [0.4, 0.5) is 4.39 Å². The number of rotatable bonds is 2. The molecule has 2 aromatic rings. The summed E-state index contributed by atoms with van der Waals surface area (Å²) in [5.74, 6) is 0.00431. The first kappa shape index (κ1) is 23.0. The Morgan fingerprint density at radius 3 is 2.72 bits per heavy atom. The third-order valence-electron chi connectivity index (χ3n) is 10.6. The van der Waals surface area contributed by atoms with Gasteiger partial charge in [-0.2, -0.15) is 0 Å². The Balaban J connectivity index is 1.33. The molecule has 2 bridgehead atoms. The molecule has 5 nitrogen and oxygen atoms in total. The molecular formula is C30H35FN2O3. The molecule has 3 aliphatic carbocycles. The summed E-state index contributed by atoms with van der Waals surface area (Å²) in [5.41, 5.74) is 0.508. The normalized spacial score (nSPS) is 45.2. The fraction of sp³-hybridized carbons (Fsp3) is 0.567. The number of aromatic nitrogens is 1. The van der Waals surface area contributed by atoms with Crippen LogP contribution in [0.2, 0.25) is 0 Å². The van der Waals surface area contributed by atoms with Gasteiger partial charge < -0.3 is 19.8 Å². The van der Waals surface area contributed by atoms with Gasteiger partial charge in [0.2, 0.25) is 0 Å². The van der Waals surface area contributed by atoms with Crippen LogP contribution in [0.15, 0.2) is 54.3 Å². The lowest BCUT2D eigenvalue weighted by molar-refractivity contribution is -0.239. The molecule has 5 aliphatic rings. The molecule has 8 unspecified atom stereocenters. The van der Waals surface area contributed by atoms with Gasteiger partial charge in [-0.25, -0.2) is 4.39 Å². The van der Waals surface area contributed by atoms with Crippen LogP contribution in [0.1, 0.15) is 51.0 Å². The molecule has 0 amide bonds. The summed E-state index contributed by atoms with van der Waals surface area (Å²) >= 11 is 0. The maximum absolute atomic E-state index is 17.2. The highest BCUT2D eigenvalue weighted by Gasteiger charge is 2.74. The number of hydrogen-bond donors (Lipinski definition) is 2. The third kappa shape index (κ3) is 2.66. The van der Waals surface area contributed by atoms with E-state index in [1.807, 2.05) is 37.3 Å². The molecule has 3 heterocycles. The zero-order chi connectivity index (χ0) is 25.1. The summed E-state index contributed by atoms with van der Waals surface area (Å²) in [6.07, 6.45) is 7.49. The average Bonchev–Trinajstić information content (AvgIpc) is 3.39. The van der Waals surface area contributed by atoms with E-state index in [4.69, 9.17) is 4.74 Å². The minimum absolute atomic E-state index is 0.00431. The Morgan fingerprint density at radius 2 is 1.92 bits per heavy atom. The number of benzene rings is 1. The largest absolute Gasteiger partial charge is 0.388 e. The average molecular weight is 491 g/mol. The number of ether oxygens (including phenoxy) is 1. The molecular weight excluding hydrogens is 455 g/mol. The van der Waals surface area contributed by atoms with Gasteiger partial charge in [0, 0.05) is 23.5 Å². The van der Waals surface area contributed by atoms with Crippen LogP contribution in [0.3, 0.4) is 0 Å². The van der Waals surface area contributed by atoms with Gasteiger partial charge in [0.05, 0.1) is 17.2 Å². The fourth-order valence-corrected chi connectivity index (χ4v) is 8.74. The molecule has 8 atom stereocenters. The quantitative estimate of drug-likeness (QED) is 0.610. The monoisotopic (exact) mass is 490 g/mol. The highest BCUT2D eigenvalue weighted by molar-refractivity contribution is 5.93. The number of allylic oxidation sites excluding steroid dienone is 2. The van der Waals surface area contributed by atoms with Crippen LogP contribution in [-0.2, 0) is 4.74 Å². The van der Waals surface area contributed by atoms with Crippen molar-refractivity contribution in [2.75, 3.05) is 14.1 Å². The summed E-state index contributed by atoms with van der Waals surface area (Å²) in [5, 5.41) is 23.1. The molecule has 1 saturated heterocycles. The van der Waals surface area contributed by atoms with Gasteiger partial charge in [-0.3, -0.25) is 4.98 Å².